The Morgan fingerprint density at radius 1 is 1.15 bits per heavy atom. The number of nitrogens with one attached hydrogen (secondary N) is 1. The maximum Gasteiger partial charge on any atom is 0.330 e. The van der Waals surface area contributed by atoms with Crippen LogP contribution in [0.5, 0.6) is 0 Å². The lowest BCUT2D eigenvalue weighted by atomic mass is 10.00. The van der Waals surface area contributed by atoms with Crippen LogP contribution in [0.15, 0.2) is 27.9 Å². The Morgan fingerprint density at radius 2 is 1.79 bits per heavy atom. The molecule has 2 heterocycles. The molecule has 2 aromatic rings. The van der Waals surface area contributed by atoms with E-state index in [0.29, 0.717) is 17.5 Å². The van der Waals surface area contributed by atoms with Crippen molar-refractivity contribution in [3.63, 3.8) is 0 Å². The van der Waals surface area contributed by atoms with E-state index in [1.54, 1.807) is 14.0 Å². The Hall–Kier alpha value is -3.20. The minimum absolute atomic E-state index is 0.208. The van der Waals surface area contributed by atoms with Crippen molar-refractivity contribution in [2.45, 2.75) is 65.9 Å². The normalized spacial score (nSPS) is 20.0. The maximum atomic E-state index is 12.8. The molecular formula is C24H31N3O6. The van der Waals surface area contributed by atoms with Crippen LogP contribution in [0.1, 0.15) is 58.6 Å². The molecule has 0 aliphatic carbocycles. The molecule has 3 rings (SSSR count). The minimum Gasteiger partial charge on any atom is -0.458 e. The summed E-state index contributed by atoms with van der Waals surface area (Å²) in [4.78, 5) is 52.9. The SMILES string of the molecule is CCC1OC(n2cc(C)c(=O)[nH]c2=O)CC1OC(=O)CN(C)C(=O)c1cc(C)c(C)c(C)c1. The molecule has 33 heavy (non-hydrogen) atoms. The fraction of sp³-hybridized carbons (Fsp3) is 0.500. The number of hydrogen-bond acceptors (Lipinski definition) is 6. The van der Waals surface area contributed by atoms with E-state index in [4.69, 9.17) is 9.47 Å². The Kier molecular flexibility index (Phi) is 7.22. The van der Waals surface area contributed by atoms with Gasteiger partial charge in [0.05, 0.1) is 6.10 Å². The molecule has 9 heteroatoms. The van der Waals surface area contributed by atoms with Crippen molar-refractivity contribution < 1.29 is 19.1 Å². The highest BCUT2D eigenvalue weighted by Crippen LogP contribution is 2.31. The highest BCUT2D eigenvalue weighted by atomic mass is 16.6. The molecule has 1 amide bonds. The van der Waals surface area contributed by atoms with E-state index in [9.17, 15) is 19.2 Å². The van der Waals surface area contributed by atoms with Crippen LogP contribution in [-0.2, 0) is 14.3 Å². The molecule has 178 valence electrons. The number of benzene rings is 1. The predicted molar refractivity (Wildman–Crippen MR) is 122 cm³/mol. The standard InChI is InChI=1S/C24H31N3O6/c1-7-18-19(10-20(32-18)27-11-15(4)22(29)25-24(27)31)33-21(28)12-26(6)23(30)17-8-13(2)16(5)14(3)9-17/h8-9,11,18-20H,7,10,12H2,1-6H3,(H,25,29,31). The van der Waals surface area contributed by atoms with Crippen LogP contribution in [0.4, 0.5) is 0 Å². The van der Waals surface area contributed by atoms with Crippen LogP contribution < -0.4 is 11.2 Å². The quantitative estimate of drug-likeness (QED) is 0.666. The molecule has 3 unspecified atom stereocenters. The van der Waals surface area contributed by atoms with Crippen LogP contribution in [0.3, 0.4) is 0 Å². The van der Waals surface area contributed by atoms with E-state index >= 15 is 0 Å². The number of esters is 1. The van der Waals surface area contributed by atoms with Crippen LogP contribution in [0.25, 0.3) is 0 Å². The average molecular weight is 458 g/mol. The number of hydrogen-bond donors (Lipinski definition) is 1. The highest BCUT2D eigenvalue weighted by molar-refractivity contribution is 5.96. The maximum absolute atomic E-state index is 12.8. The van der Waals surface area contributed by atoms with Crippen molar-refractivity contribution >= 4 is 11.9 Å². The summed E-state index contributed by atoms with van der Waals surface area (Å²) in [5.74, 6) is -0.815. The summed E-state index contributed by atoms with van der Waals surface area (Å²) in [5, 5.41) is 0. The fourth-order valence-corrected chi connectivity index (χ4v) is 4.01. The number of likely N-dealkylation sites (N-methyl/N-ethyl adjacent to an activating group) is 1. The van der Waals surface area contributed by atoms with Crippen molar-refractivity contribution in [2.75, 3.05) is 13.6 Å². The number of rotatable bonds is 6. The number of aryl methyl sites for hydroxylation is 3. The van der Waals surface area contributed by atoms with Gasteiger partial charge in [-0.3, -0.25) is 23.9 Å². The number of carbonyl (C=O) groups is 2. The zero-order valence-electron chi connectivity index (χ0n) is 19.9. The zero-order chi connectivity index (χ0) is 24.4. The smallest absolute Gasteiger partial charge is 0.330 e. The van der Waals surface area contributed by atoms with Crippen LogP contribution in [0, 0.1) is 27.7 Å². The second-order valence-electron chi connectivity index (χ2n) is 8.68. The zero-order valence-corrected chi connectivity index (χ0v) is 19.9. The van der Waals surface area contributed by atoms with Crippen molar-refractivity contribution in [3.05, 3.63) is 67.0 Å². The monoisotopic (exact) mass is 457 g/mol. The summed E-state index contributed by atoms with van der Waals surface area (Å²) in [7, 11) is 1.56. The van der Waals surface area contributed by atoms with Gasteiger partial charge in [-0.1, -0.05) is 6.92 Å². The molecule has 1 saturated heterocycles. The van der Waals surface area contributed by atoms with Crippen LogP contribution >= 0.6 is 0 Å². The summed E-state index contributed by atoms with van der Waals surface area (Å²) >= 11 is 0. The molecule has 1 aliphatic rings. The van der Waals surface area contributed by atoms with E-state index in [2.05, 4.69) is 4.98 Å². The van der Waals surface area contributed by atoms with Gasteiger partial charge in [0.1, 0.15) is 18.9 Å². The van der Waals surface area contributed by atoms with Gasteiger partial charge in [-0.15, -0.1) is 0 Å². The summed E-state index contributed by atoms with van der Waals surface area (Å²) in [6.07, 6.45) is 0.654. The predicted octanol–water partition coefficient (Wildman–Crippen LogP) is 2.15. The third-order valence-corrected chi connectivity index (χ3v) is 6.21. The average Bonchev–Trinajstić information content (AvgIpc) is 3.15. The lowest BCUT2D eigenvalue weighted by Crippen LogP contribution is -2.36. The minimum atomic E-state index is -0.659. The number of nitrogens with zero attached hydrogens (tertiary/aromatic N) is 2. The molecule has 0 spiro atoms. The first kappa shape index (κ1) is 24.4. The number of amides is 1. The van der Waals surface area contributed by atoms with Gasteiger partial charge in [0.2, 0.25) is 0 Å². The lowest BCUT2D eigenvalue weighted by Gasteiger charge is -2.21. The molecular weight excluding hydrogens is 426 g/mol. The molecule has 0 saturated carbocycles. The molecule has 1 fully saturated rings. The molecule has 0 radical (unpaired) electrons. The molecule has 3 atom stereocenters. The first-order valence-electron chi connectivity index (χ1n) is 11.0. The first-order chi connectivity index (χ1) is 15.5. The number of H-pyrrole nitrogens is 1. The summed E-state index contributed by atoms with van der Waals surface area (Å²) < 4.78 is 12.9. The van der Waals surface area contributed by atoms with E-state index in [1.165, 1.54) is 15.7 Å². The van der Waals surface area contributed by atoms with E-state index in [-0.39, 0.29) is 18.9 Å². The Balaban J connectivity index is 1.67. The molecule has 1 aromatic carbocycles. The van der Waals surface area contributed by atoms with Gasteiger partial charge in [-0.2, -0.15) is 0 Å². The topological polar surface area (TPSA) is 111 Å². The van der Waals surface area contributed by atoms with E-state index < -0.39 is 35.7 Å². The Labute approximate surface area is 192 Å². The second-order valence-corrected chi connectivity index (χ2v) is 8.68. The molecule has 1 aromatic heterocycles. The first-order valence-corrected chi connectivity index (χ1v) is 11.0. The van der Waals surface area contributed by atoms with Crippen molar-refractivity contribution in [1.29, 1.82) is 0 Å². The van der Waals surface area contributed by atoms with Gasteiger partial charge in [0.15, 0.2) is 0 Å². The van der Waals surface area contributed by atoms with Gasteiger partial charge >= 0.3 is 11.7 Å². The number of aromatic amines is 1. The number of carbonyl (C=O) groups excluding carboxylic acids is 2. The third kappa shape index (κ3) is 5.24. The Morgan fingerprint density at radius 3 is 2.39 bits per heavy atom. The van der Waals surface area contributed by atoms with Crippen molar-refractivity contribution in [1.82, 2.24) is 14.5 Å². The fourth-order valence-electron chi connectivity index (χ4n) is 4.01. The lowest BCUT2D eigenvalue weighted by molar-refractivity contribution is -0.152. The molecule has 1 aliphatic heterocycles. The van der Waals surface area contributed by atoms with Gasteiger partial charge in [-0.05, 0) is 62.9 Å². The van der Waals surface area contributed by atoms with E-state index in [0.717, 1.165) is 16.7 Å². The van der Waals surface area contributed by atoms with Gasteiger partial charge in [0.25, 0.3) is 11.5 Å². The van der Waals surface area contributed by atoms with Gasteiger partial charge in [-0.25, -0.2) is 4.79 Å². The van der Waals surface area contributed by atoms with Crippen LogP contribution in [-0.4, -0.2) is 52.1 Å². The largest absolute Gasteiger partial charge is 0.458 e. The van der Waals surface area contributed by atoms with Gasteiger partial charge in [0, 0.05) is 30.8 Å². The Bertz CT molecular complexity index is 1160. The van der Waals surface area contributed by atoms with E-state index in [1.807, 2.05) is 39.8 Å². The third-order valence-electron chi connectivity index (χ3n) is 6.21. The highest BCUT2D eigenvalue weighted by Gasteiger charge is 2.38. The molecule has 1 N–H and O–H groups in total. The van der Waals surface area contributed by atoms with Crippen molar-refractivity contribution in [2.24, 2.45) is 0 Å². The summed E-state index contributed by atoms with van der Waals surface area (Å²) in [5.41, 5.74) is 3.04. The van der Waals surface area contributed by atoms with Crippen molar-refractivity contribution in [3.8, 4) is 0 Å². The van der Waals surface area contributed by atoms with Crippen LogP contribution in [0.2, 0.25) is 0 Å². The summed E-state index contributed by atoms with van der Waals surface area (Å²) in [6.45, 7) is 9.19. The molecule has 9 nitrogen and oxygen atoms in total. The number of ether oxygens (including phenoxy) is 2. The molecule has 0 bridgehead atoms. The number of aromatic nitrogens is 2. The second kappa shape index (κ2) is 9.74. The van der Waals surface area contributed by atoms with Gasteiger partial charge < -0.3 is 14.4 Å². The summed E-state index contributed by atoms with van der Waals surface area (Å²) in [6, 6.07) is 3.64.